The molecule has 0 fully saturated rings. The molecule has 4 aromatic carbocycles. The minimum absolute atomic E-state index is 0.347. The van der Waals surface area contributed by atoms with Gasteiger partial charge in [-0.1, -0.05) is 121 Å². The summed E-state index contributed by atoms with van der Waals surface area (Å²) in [6.45, 7) is 1.64. The quantitative estimate of drug-likeness (QED) is 0.207. The van der Waals surface area contributed by atoms with Crippen molar-refractivity contribution in [1.82, 2.24) is 5.23 Å². The van der Waals surface area contributed by atoms with E-state index in [0.717, 1.165) is 30.4 Å². The van der Waals surface area contributed by atoms with Crippen molar-refractivity contribution in [2.45, 2.75) is 44.7 Å². The van der Waals surface area contributed by atoms with Gasteiger partial charge in [-0.15, -0.1) is 0 Å². The van der Waals surface area contributed by atoms with E-state index >= 15 is 0 Å². The number of hydrogen-bond donors (Lipinski definition) is 2. The first-order valence-corrected chi connectivity index (χ1v) is 14.1. The first-order chi connectivity index (χ1) is 19.5. The highest BCUT2D eigenvalue weighted by molar-refractivity contribution is 6.46. The molecule has 5 heteroatoms. The molecule has 200 valence electrons. The maximum absolute atomic E-state index is 14.0. The predicted octanol–water partition coefficient (Wildman–Crippen LogP) is 6.01. The Balaban J connectivity index is 1.41. The van der Waals surface area contributed by atoms with E-state index in [0.29, 0.717) is 6.42 Å². The predicted molar refractivity (Wildman–Crippen MR) is 161 cm³/mol. The lowest BCUT2D eigenvalue weighted by atomic mass is 9.70. The van der Waals surface area contributed by atoms with E-state index in [9.17, 15) is 9.82 Å². The molecule has 6 rings (SSSR count). The van der Waals surface area contributed by atoms with Crippen molar-refractivity contribution in [2.24, 2.45) is 5.41 Å². The van der Waals surface area contributed by atoms with E-state index in [1.807, 2.05) is 42.5 Å². The second-order valence-electron chi connectivity index (χ2n) is 11.1. The van der Waals surface area contributed by atoms with Crippen molar-refractivity contribution in [2.75, 3.05) is 0 Å². The molecule has 2 aliphatic carbocycles. The second kappa shape index (κ2) is 11.3. The summed E-state index contributed by atoms with van der Waals surface area (Å²) in [7, 11) is -0.849. The molecular weight excluding hydrogens is 493 g/mol. The molecule has 0 aromatic heterocycles. The van der Waals surface area contributed by atoms with Crippen LogP contribution in [0.25, 0.3) is 6.08 Å². The molecule has 2 unspecified atom stereocenters. The molecule has 0 bridgehead atoms. The molecule has 0 amide bonds. The molecule has 3 atom stereocenters. The fourth-order valence-corrected chi connectivity index (χ4v) is 6.52. The van der Waals surface area contributed by atoms with Crippen LogP contribution in [0.15, 0.2) is 115 Å². The number of hydrogen-bond acceptors (Lipinski definition) is 4. The fourth-order valence-electron chi connectivity index (χ4n) is 6.52. The van der Waals surface area contributed by atoms with Gasteiger partial charge in [-0.2, -0.15) is 0 Å². The first-order valence-electron chi connectivity index (χ1n) is 14.1. The highest BCUT2D eigenvalue weighted by Crippen LogP contribution is 2.56. The molecule has 0 saturated carbocycles. The lowest BCUT2D eigenvalue weighted by Crippen LogP contribution is -2.48. The summed E-state index contributed by atoms with van der Waals surface area (Å²) >= 11 is 0. The van der Waals surface area contributed by atoms with Crippen LogP contribution in [0, 0.1) is 5.41 Å². The largest absolute Gasteiger partial charge is 0.455 e. The Morgan fingerprint density at radius 1 is 0.900 bits per heavy atom. The summed E-state index contributed by atoms with van der Waals surface area (Å²) in [5.74, 6) is -0.347. The zero-order valence-electron chi connectivity index (χ0n) is 22.8. The Bertz CT molecular complexity index is 1520. The summed E-state index contributed by atoms with van der Waals surface area (Å²) in [6, 6.07) is 36.6. The minimum atomic E-state index is -0.849. The summed E-state index contributed by atoms with van der Waals surface area (Å²) in [6.07, 6.45) is 4.69. The highest BCUT2D eigenvalue weighted by atomic mass is 16.5. The molecule has 0 saturated heterocycles. The van der Waals surface area contributed by atoms with Crippen LogP contribution < -0.4 is 5.23 Å². The lowest BCUT2D eigenvalue weighted by Gasteiger charge is -2.38. The number of nitrogens with one attached hydrogen (secondary N) is 1. The fraction of sp³-hybridized carbons (Fsp3) is 0.229. The highest BCUT2D eigenvalue weighted by Gasteiger charge is 2.52. The molecule has 0 radical (unpaired) electrons. The van der Waals surface area contributed by atoms with Gasteiger partial charge in [0.05, 0.1) is 0 Å². The van der Waals surface area contributed by atoms with Gasteiger partial charge in [0.1, 0.15) is 12.1 Å². The number of ether oxygens (including phenoxy) is 1. The second-order valence-corrected chi connectivity index (χ2v) is 11.1. The molecule has 4 aromatic rings. The number of carbonyl (C=O) groups is 1. The van der Waals surface area contributed by atoms with Gasteiger partial charge in [0.25, 0.3) is 0 Å². The number of fused-ring (bicyclic) bond motifs is 2. The van der Waals surface area contributed by atoms with Gasteiger partial charge in [-0.3, -0.25) is 4.79 Å². The molecule has 0 spiro atoms. The molecule has 2 aliphatic rings. The molecule has 0 aliphatic heterocycles. The van der Waals surface area contributed by atoms with Gasteiger partial charge in [-0.25, -0.2) is 0 Å². The topological polar surface area (TPSA) is 58.6 Å². The van der Waals surface area contributed by atoms with Crippen LogP contribution >= 0.6 is 0 Å². The van der Waals surface area contributed by atoms with Crippen molar-refractivity contribution in [1.29, 1.82) is 0 Å². The summed E-state index contributed by atoms with van der Waals surface area (Å²) in [5, 5.41) is 13.3. The SMILES string of the molecule is CB(O)N[C@H](Cc1ccccc1)C(=O)OC1c2ccccc2CC1(Cc1ccccc1)C1=Cc2ccccc2C1. The van der Waals surface area contributed by atoms with Crippen molar-refractivity contribution < 1.29 is 14.6 Å². The Hall–Kier alpha value is -3.93. The number of carbonyl (C=O) groups excluding carboxylic acids is 1. The van der Waals surface area contributed by atoms with Crippen molar-refractivity contribution in [3.8, 4) is 0 Å². The van der Waals surface area contributed by atoms with Crippen LogP contribution in [0.1, 0.15) is 39.5 Å². The standard InChI is InChI=1S/C35H34BNO3/c1-36(39)37-32(20-25-12-4-2-5-13-25)34(38)40-33-31-19-11-10-18-29(31)24-35(33,23-26-14-6-3-7-15-26)30-21-27-16-8-9-17-28(27)22-30/h2-19,21,32-33,37,39H,20,22-24H2,1H3/t32-,33?,35?/m1/s1. The summed E-state index contributed by atoms with van der Waals surface area (Å²) in [5.41, 5.74) is 7.93. The smallest absolute Gasteiger partial charge is 0.374 e. The monoisotopic (exact) mass is 527 g/mol. The average Bonchev–Trinajstić information content (AvgIpc) is 3.54. The molecular formula is C35H34BNO3. The van der Waals surface area contributed by atoms with E-state index in [1.54, 1.807) is 6.82 Å². The van der Waals surface area contributed by atoms with E-state index in [4.69, 9.17) is 4.74 Å². The summed E-state index contributed by atoms with van der Waals surface area (Å²) < 4.78 is 6.62. The van der Waals surface area contributed by atoms with E-state index in [2.05, 4.69) is 78.0 Å². The first kappa shape index (κ1) is 26.3. The van der Waals surface area contributed by atoms with E-state index in [-0.39, 0.29) is 5.97 Å². The Kier molecular flexibility index (Phi) is 7.42. The van der Waals surface area contributed by atoms with Crippen molar-refractivity contribution in [3.63, 3.8) is 0 Å². The van der Waals surface area contributed by atoms with E-state index in [1.165, 1.54) is 27.8 Å². The number of benzene rings is 4. The summed E-state index contributed by atoms with van der Waals surface area (Å²) in [4.78, 5) is 14.0. The Morgan fingerprint density at radius 2 is 1.52 bits per heavy atom. The van der Waals surface area contributed by atoms with E-state index < -0.39 is 24.6 Å². The van der Waals surface area contributed by atoms with Crippen LogP contribution in [0.2, 0.25) is 6.82 Å². The maximum atomic E-state index is 14.0. The number of esters is 1. The molecule has 2 N–H and O–H groups in total. The zero-order valence-corrected chi connectivity index (χ0v) is 22.8. The third-order valence-corrected chi connectivity index (χ3v) is 8.36. The van der Waals surface area contributed by atoms with Gasteiger partial charge >= 0.3 is 13.0 Å². The maximum Gasteiger partial charge on any atom is 0.374 e. The van der Waals surface area contributed by atoms with Crippen LogP contribution in [-0.4, -0.2) is 24.1 Å². The van der Waals surface area contributed by atoms with Gasteiger partial charge in [0.15, 0.2) is 0 Å². The number of rotatable bonds is 9. The van der Waals surface area contributed by atoms with Crippen molar-refractivity contribution >= 4 is 19.1 Å². The Morgan fingerprint density at radius 3 is 2.23 bits per heavy atom. The van der Waals surface area contributed by atoms with Gasteiger partial charge in [0, 0.05) is 5.41 Å². The van der Waals surface area contributed by atoms with Gasteiger partial charge < -0.3 is 15.0 Å². The third kappa shape index (κ3) is 5.27. The third-order valence-electron chi connectivity index (χ3n) is 8.36. The van der Waals surface area contributed by atoms with Crippen LogP contribution in [0.5, 0.6) is 0 Å². The van der Waals surface area contributed by atoms with Crippen LogP contribution in [0.4, 0.5) is 0 Å². The van der Waals surface area contributed by atoms with Crippen LogP contribution in [0.3, 0.4) is 0 Å². The molecule has 0 heterocycles. The van der Waals surface area contributed by atoms with Crippen molar-refractivity contribution in [3.05, 3.63) is 148 Å². The van der Waals surface area contributed by atoms with Crippen LogP contribution in [-0.2, 0) is 35.2 Å². The average molecular weight is 527 g/mol. The normalized spacial score (nSPS) is 19.9. The zero-order chi connectivity index (χ0) is 27.5. The molecule has 40 heavy (non-hydrogen) atoms. The Labute approximate surface area is 236 Å². The van der Waals surface area contributed by atoms with Gasteiger partial charge in [-0.05, 0) is 65.9 Å². The molecule has 4 nitrogen and oxygen atoms in total. The minimum Gasteiger partial charge on any atom is -0.455 e. The van der Waals surface area contributed by atoms with Gasteiger partial charge in [0.2, 0.25) is 0 Å². The lowest BCUT2D eigenvalue weighted by molar-refractivity contribution is -0.157.